The van der Waals surface area contributed by atoms with E-state index < -0.39 is 12.1 Å². The molecule has 0 fully saturated rings. The van der Waals surface area contributed by atoms with Crippen LogP contribution in [0.15, 0.2) is 60.2 Å². The molecule has 47 heavy (non-hydrogen) atoms. The lowest BCUT2D eigenvalue weighted by molar-refractivity contribution is -0.131. The number of benzene rings is 2. The summed E-state index contributed by atoms with van der Waals surface area (Å²) < 4.78 is 21.3. The van der Waals surface area contributed by atoms with Gasteiger partial charge in [-0.1, -0.05) is 96.4 Å². The Morgan fingerprint density at radius 3 is 2.34 bits per heavy atom. The van der Waals surface area contributed by atoms with Crippen LogP contribution in [-0.2, 0) is 22.4 Å². The van der Waals surface area contributed by atoms with E-state index >= 15 is 0 Å². The highest BCUT2D eigenvalue weighted by molar-refractivity contribution is 5.90. The Kier molecular flexibility index (Phi) is 13.9. The van der Waals surface area contributed by atoms with E-state index in [1.807, 2.05) is 25.1 Å². The maximum absolute atomic E-state index is 14.6. The van der Waals surface area contributed by atoms with Crippen molar-refractivity contribution in [1.29, 1.82) is 0 Å². The molecule has 7 heteroatoms. The highest BCUT2D eigenvalue weighted by Crippen LogP contribution is 2.40. The maximum Gasteiger partial charge on any atom is 0.242 e. The number of halogens is 1. The molecule has 2 aliphatic rings. The lowest BCUT2D eigenvalue weighted by Gasteiger charge is -2.44. The van der Waals surface area contributed by atoms with Crippen molar-refractivity contribution < 1.29 is 18.7 Å². The molecule has 2 aromatic rings. The topological polar surface area (TPSA) is 79.5 Å². The molecular weight excluding hydrogens is 589 g/mol. The fourth-order valence-corrected chi connectivity index (χ4v) is 7.52. The summed E-state index contributed by atoms with van der Waals surface area (Å²) in [5.41, 5.74) is 3.41. The summed E-state index contributed by atoms with van der Waals surface area (Å²) in [6.45, 7) is 14.1. The number of nitrogens with one attached hydrogen (secondary N) is 3. The molecule has 0 bridgehead atoms. The molecule has 2 amide bonds. The fraction of sp³-hybridized carbons (Fsp3) is 0.600. The van der Waals surface area contributed by atoms with Gasteiger partial charge in [-0.25, -0.2) is 4.39 Å². The van der Waals surface area contributed by atoms with Crippen LogP contribution in [0.25, 0.3) is 0 Å². The van der Waals surface area contributed by atoms with E-state index in [1.54, 1.807) is 12.1 Å². The van der Waals surface area contributed by atoms with Gasteiger partial charge in [-0.05, 0) is 97.4 Å². The number of carbonyl (C=O) groups is 2. The average molecular weight is 648 g/mol. The zero-order chi connectivity index (χ0) is 33.9. The van der Waals surface area contributed by atoms with Gasteiger partial charge in [0.15, 0.2) is 0 Å². The van der Waals surface area contributed by atoms with E-state index in [1.165, 1.54) is 11.6 Å². The number of amides is 2. The maximum atomic E-state index is 14.6. The van der Waals surface area contributed by atoms with Gasteiger partial charge in [-0.3, -0.25) is 14.9 Å². The summed E-state index contributed by atoms with van der Waals surface area (Å²) in [4.78, 5) is 27.4. The van der Waals surface area contributed by atoms with E-state index in [2.05, 4.69) is 68.8 Å². The van der Waals surface area contributed by atoms with Crippen molar-refractivity contribution in [3.05, 3.63) is 77.1 Å². The molecule has 2 aromatic carbocycles. The number of para-hydroxylation sites is 1. The van der Waals surface area contributed by atoms with Crippen LogP contribution in [0.5, 0.6) is 5.75 Å². The zero-order valence-electron chi connectivity index (χ0n) is 29.5. The van der Waals surface area contributed by atoms with Crippen LogP contribution in [0.2, 0.25) is 0 Å². The molecule has 3 N–H and O–H groups in total. The number of allylic oxidation sites excluding steroid dienone is 1. The van der Waals surface area contributed by atoms with Gasteiger partial charge < -0.3 is 15.4 Å². The van der Waals surface area contributed by atoms with Gasteiger partial charge in [0.1, 0.15) is 17.6 Å². The van der Waals surface area contributed by atoms with Gasteiger partial charge in [0.2, 0.25) is 11.8 Å². The van der Waals surface area contributed by atoms with E-state index in [0.717, 1.165) is 55.4 Å². The summed E-state index contributed by atoms with van der Waals surface area (Å²) in [5, 5.41) is 10.1. The molecule has 0 saturated carbocycles. The Balaban J connectivity index is 1.81. The van der Waals surface area contributed by atoms with Gasteiger partial charge in [0.25, 0.3) is 0 Å². The predicted octanol–water partition coefficient (Wildman–Crippen LogP) is 7.41. The van der Waals surface area contributed by atoms with Gasteiger partial charge in [0.05, 0.1) is 12.6 Å². The van der Waals surface area contributed by atoms with Crippen LogP contribution >= 0.6 is 0 Å². The lowest BCUT2D eigenvalue weighted by Crippen LogP contribution is -2.58. The Bertz CT molecular complexity index is 1340. The van der Waals surface area contributed by atoms with E-state index in [4.69, 9.17) is 4.74 Å². The molecule has 6 atom stereocenters. The minimum absolute atomic E-state index is 0.00950. The van der Waals surface area contributed by atoms with Crippen molar-refractivity contribution in [3.63, 3.8) is 0 Å². The molecule has 258 valence electrons. The highest BCUT2D eigenvalue weighted by Gasteiger charge is 2.40. The van der Waals surface area contributed by atoms with Crippen LogP contribution in [0.3, 0.4) is 0 Å². The molecule has 0 radical (unpaired) electrons. The van der Waals surface area contributed by atoms with Crippen LogP contribution in [0.1, 0.15) is 91.2 Å². The van der Waals surface area contributed by atoms with Gasteiger partial charge >= 0.3 is 0 Å². The van der Waals surface area contributed by atoms with Crippen molar-refractivity contribution in [2.45, 2.75) is 111 Å². The van der Waals surface area contributed by atoms with Crippen molar-refractivity contribution in [2.75, 3.05) is 13.2 Å². The van der Waals surface area contributed by atoms with E-state index in [0.29, 0.717) is 31.9 Å². The first kappa shape index (κ1) is 36.6. The second-order valence-corrected chi connectivity index (χ2v) is 14.3. The second kappa shape index (κ2) is 17.8. The van der Waals surface area contributed by atoms with E-state index in [-0.39, 0.29) is 47.3 Å². The van der Waals surface area contributed by atoms with Crippen molar-refractivity contribution >= 4 is 11.8 Å². The SMILES string of the molecule is CCC[C@@H]1NC(=O)[C@@H](C(C)C)NC(C2=CCC2)[C@@H](Cc2cccc(F)c2)C(CC)[C@@H](C(C)C)COc2ccccc2CCCNC1=O. The smallest absolute Gasteiger partial charge is 0.242 e. The largest absolute Gasteiger partial charge is 0.493 e. The third kappa shape index (κ3) is 9.91. The summed E-state index contributed by atoms with van der Waals surface area (Å²) >= 11 is 0. The summed E-state index contributed by atoms with van der Waals surface area (Å²) in [7, 11) is 0. The standard InChI is InChI=1S/C40H58FN3O3/c1-7-14-35-39(45)42-22-13-19-29-16-9-10-21-36(29)47-25-34(26(3)4)32(8-2)33(24-28-15-11-20-31(41)23-28)38(30-17-12-18-30)44-37(27(5)6)40(46)43-35/h9-11,15-17,20-21,23,26-27,32-35,37-38,44H,7-8,12-14,18-19,22,24-25H2,1-6H3,(H,42,45)(H,43,46)/t32?,33-,34+,35-,37+,38?/m0/s1. The summed E-state index contributed by atoms with van der Waals surface area (Å²) in [5.74, 6) is 1.27. The van der Waals surface area contributed by atoms with Crippen molar-refractivity contribution in [2.24, 2.45) is 29.6 Å². The molecule has 0 aromatic heterocycles. The van der Waals surface area contributed by atoms with Gasteiger partial charge in [0, 0.05) is 12.6 Å². The molecule has 1 aliphatic carbocycles. The van der Waals surface area contributed by atoms with Crippen molar-refractivity contribution in [1.82, 2.24) is 16.0 Å². The first-order valence-electron chi connectivity index (χ1n) is 18.1. The Hall–Kier alpha value is -3.19. The number of rotatable bonds is 8. The number of hydrogen-bond acceptors (Lipinski definition) is 4. The monoisotopic (exact) mass is 647 g/mol. The Labute approximate surface area is 282 Å². The molecule has 0 saturated heterocycles. The van der Waals surface area contributed by atoms with Crippen LogP contribution < -0.4 is 20.7 Å². The van der Waals surface area contributed by atoms with Gasteiger partial charge in [-0.2, -0.15) is 0 Å². The molecule has 2 unspecified atom stereocenters. The van der Waals surface area contributed by atoms with Crippen LogP contribution in [0, 0.1) is 35.4 Å². The number of hydrogen-bond donors (Lipinski definition) is 3. The number of ether oxygens (including phenoxy) is 1. The first-order valence-corrected chi connectivity index (χ1v) is 18.1. The third-order valence-electron chi connectivity index (χ3n) is 10.3. The van der Waals surface area contributed by atoms with E-state index in [9.17, 15) is 14.0 Å². The van der Waals surface area contributed by atoms with Crippen LogP contribution in [-0.4, -0.2) is 43.1 Å². The average Bonchev–Trinajstić information content (AvgIpc) is 3.01. The molecule has 6 nitrogen and oxygen atoms in total. The Morgan fingerprint density at radius 2 is 1.70 bits per heavy atom. The predicted molar refractivity (Wildman–Crippen MR) is 189 cm³/mol. The Morgan fingerprint density at radius 1 is 0.936 bits per heavy atom. The quantitative estimate of drug-likeness (QED) is 0.261. The molecule has 4 rings (SSSR count). The van der Waals surface area contributed by atoms with Crippen molar-refractivity contribution in [3.8, 4) is 5.75 Å². The third-order valence-corrected chi connectivity index (χ3v) is 10.3. The highest BCUT2D eigenvalue weighted by atomic mass is 19.1. The lowest BCUT2D eigenvalue weighted by atomic mass is 9.67. The first-order chi connectivity index (χ1) is 22.6. The number of fused-ring (bicyclic) bond motifs is 1. The normalized spacial score (nSPS) is 26.6. The van der Waals surface area contributed by atoms with Gasteiger partial charge in [-0.15, -0.1) is 0 Å². The second-order valence-electron chi connectivity index (χ2n) is 14.3. The molecule has 1 aliphatic heterocycles. The zero-order valence-corrected chi connectivity index (χ0v) is 29.5. The molecule has 0 spiro atoms. The number of carbonyl (C=O) groups excluding carboxylic acids is 2. The fourth-order valence-electron chi connectivity index (χ4n) is 7.52. The summed E-state index contributed by atoms with van der Waals surface area (Å²) in [6, 6.07) is 14.0. The van der Waals surface area contributed by atoms with Crippen LogP contribution in [0.4, 0.5) is 4.39 Å². The number of aryl methyl sites for hydroxylation is 1. The molecule has 1 heterocycles. The molecular formula is C40H58FN3O3. The summed E-state index contributed by atoms with van der Waals surface area (Å²) in [6.07, 6.45) is 8.80. The minimum Gasteiger partial charge on any atom is -0.493 e. The minimum atomic E-state index is -0.594.